The van der Waals surface area contributed by atoms with Gasteiger partial charge in [0.05, 0.1) is 0 Å². The van der Waals surface area contributed by atoms with E-state index in [1.54, 1.807) is 7.11 Å². The Morgan fingerprint density at radius 1 is 1.54 bits per heavy atom. The normalized spacial score (nSPS) is 39.4. The second-order valence-electron chi connectivity index (χ2n) is 4.34. The van der Waals surface area contributed by atoms with Crippen molar-refractivity contribution in [1.29, 1.82) is 0 Å². The third-order valence-electron chi connectivity index (χ3n) is 3.45. The maximum Gasteiger partial charge on any atom is 0.225 e. The molecule has 2 atom stereocenters. The van der Waals surface area contributed by atoms with E-state index in [1.807, 2.05) is 4.90 Å². The standard InChI is InChI=1S/C10H17NO2/c1-10-6-3-4-9(13-2)11(10)8(12)5-7-10/h9H,3-7H2,1-2H3/t9-,10+/m0/s1. The van der Waals surface area contributed by atoms with Crippen LogP contribution in [0.4, 0.5) is 0 Å². The van der Waals surface area contributed by atoms with Gasteiger partial charge >= 0.3 is 0 Å². The largest absolute Gasteiger partial charge is 0.362 e. The molecule has 3 heteroatoms. The highest BCUT2D eigenvalue weighted by atomic mass is 16.5. The molecule has 2 heterocycles. The van der Waals surface area contributed by atoms with Crippen LogP contribution in [-0.2, 0) is 9.53 Å². The molecule has 2 fully saturated rings. The topological polar surface area (TPSA) is 29.5 Å². The molecule has 0 aromatic rings. The molecule has 0 spiro atoms. The number of piperidine rings is 1. The SMILES string of the molecule is CO[C@H]1CCC[C@]2(C)CCC(=O)N12. The first-order valence-electron chi connectivity index (χ1n) is 5.02. The molecular formula is C10H17NO2. The van der Waals surface area contributed by atoms with E-state index in [2.05, 4.69) is 6.92 Å². The number of fused-ring (bicyclic) bond motifs is 1. The summed E-state index contributed by atoms with van der Waals surface area (Å²) in [5.41, 5.74) is 0.0933. The number of methoxy groups -OCH3 is 1. The van der Waals surface area contributed by atoms with Crippen molar-refractivity contribution >= 4 is 5.91 Å². The molecule has 0 bridgehead atoms. The molecule has 0 aromatic carbocycles. The minimum absolute atomic E-state index is 0.0359. The number of carbonyl (C=O) groups excluding carboxylic acids is 1. The molecule has 2 saturated heterocycles. The first-order valence-corrected chi connectivity index (χ1v) is 5.02. The van der Waals surface area contributed by atoms with Crippen molar-refractivity contribution in [2.45, 2.75) is 50.8 Å². The van der Waals surface area contributed by atoms with Gasteiger partial charge in [0.25, 0.3) is 0 Å². The average Bonchev–Trinajstić information content (AvgIpc) is 2.42. The smallest absolute Gasteiger partial charge is 0.225 e. The Hall–Kier alpha value is -0.570. The van der Waals surface area contributed by atoms with Crippen LogP contribution in [0.25, 0.3) is 0 Å². The lowest BCUT2D eigenvalue weighted by Gasteiger charge is -2.44. The summed E-state index contributed by atoms with van der Waals surface area (Å²) in [5.74, 6) is 0.272. The Bertz CT molecular complexity index is 229. The lowest BCUT2D eigenvalue weighted by atomic mass is 9.88. The van der Waals surface area contributed by atoms with Crippen molar-refractivity contribution < 1.29 is 9.53 Å². The third-order valence-corrected chi connectivity index (χ3v) is 3.45. The first-order chi connectivity index (χ1) is 6.17. The number of nitrogens with zero attached hydrogens (tertiary/aromatic N) is 1. The number of hydrogen-bond donors (Lipinski definition) is 0. The van der Waals surface area contributed by atoms with E-state index in [0.717, 1.165) is 19.3 Å². The second kappa shape index (κ2) is 2.98. The van der Waals surface area contributed by atoms with Crippen LogP contribution in [0.2, 0.25) is 0 Å². The Labute approximate surface area is 79.0 Å². The fourth-order valence-electron chi connectivity index (χ4n) is 2.68. The summed E-state index contributed by atoms with van der Waals surface area (Å²) in [6.45, 7) is 2.18. The predicted octanol–water partition coefficient (Wildman–Crippen LogP) is 1.52. The van der Waals surface area contributed by atoms with E-state index >= 15 is 0 Å². The van der Waals surface area contributed by atoms with E-state index < -0.39 is 0 Å². The third kappa shape index (κ3) is 1.26. The van der Waals surface area contributed by atoms with Crippen LogP contribution in [0.15, 0.2) is 0 Å². The summed E-state index contributed by atoms with van der Waals surface area (Å²) in [6.07, 6.45) is 5.06. The molecule has 1 amide bonds. The van der Waals surface area contributed by atoms with Gasteiger partial charge in [0, 0.05) is 19.1 Å². The lowest BCUT2D eigenvalue weighted by molar-refractivity contribution is -0.153. The minimum atomic E-state index is 0.0359. The van der Waals surface area contributed by atoms with Gasteiger partial charge < -0.3 is 9.64 Å². The predicted molar refractivity (Wildman–Crippen MR) is 49.1 cm³/mol. The fraction of sp³-hybridized carbons (Fsp3) is 0.900. The van der Waals surface area contributed by atoms with Gasteiger partial charge in [0.2, 0.25) is 5.91 Å². The van der Waals surface area contributed by atoms with Gasteiger partial charge in [0.1, 0.15) is 6.23 Å². The van der Waals surface area contributed by atoms with Crippen molar-refractivity contribution in [3.63, 3.8) is 0 Å². The summed E-state index contributed by atoms with van der Waals surface area (Å²) in [5, 5.41) is 0. The summed E-state index contributed by atoms with van der Waals surface area (Å²) in [6, 6.07) is 0. The molecule has 2 aliphatic rings. The highest BCUT2D eigenvalue weighted by Crippen LogP contribution is 2.40. The molecule has 74 valence electrons. The van der Waals surface area contributed by atoms with Gasteiger partial charge in [-0.25, -0.2) is 0 Å². The van der Waals surface area contributed by atoms with E-state index in [-0.39, 0.29) is 17.7 Å². The molecule has 0 unspecified atom stereocenters. The Morgan fingerprint density at radius 3 is 3.00 bits per heavy atom. The van der Waals surface area contributed by atoms with E-state index in [1.165, 1.54) is 6.42 Å². The van der Waals surface area contributed by atoms with Crippen molar-refractivity contribution in [1.82, 2.24) is 4.90 Å². The minimum Gasteiger partial charge on any atom is -0.362 e. The van der Waals surface area contributed by atoms with Crippen LogP contribution >= 0.6 is 0 Å². The molecule has 0 radical (unpaired) electrons. The monoisotopic (exact) mass is 183 g/mol. The van der Waals surface area contributed by atoms with E-state index in [4.69, 9.17) is 4.74 Å². The maximum atomic E-state index is 11.6. The lowest BCUT2D eigenvalue weighted by Crippen LogP contribution is -2.53. The van der Waals surface area contributed by atoms with Crippen molar-refractivity contribution in [3.05, 3.63) is 0 Å². The molecule has 2 rings (SSSR count). The second-order valence-corrected chi connectivity index (χ2v) is 4.34. The Kier molecular flexibility index (Phi) is 2.06. The summed E-state index contributed by atoms with van der Waals surface area (Å²) in [4.78, 5) is 13.6. The van der Waals surface area contributed by atoms with Crippen molar-refractivity contribution in [3.8, 4) is 0 Å². The van der Waals surface area contributed by atoms with Crippen molar-refractivity contribution in [2.24, 2.45) is 0 Å². The summed E-state index contributed by atoms with van der Waals surface area (Å²) in [7, 11) is 1.70. The van der Waals surface area contributed by atoms with Crippen LogP contribution < -0.4 is 0 Å². The van der Waals surface area contributed by atoms with Gasteiger partial charge in [-0.1, -0.05) is 0 Å². The van der Waals surface area contributed by atoms with Crippen LogP contribution in [-0.4, -0.2) is 29.7 Å². The highest BCUT2D eigenvalue weighted by Gasteiger charge is 2.47. The number of ether oxygens (including phenoxy) is 1. The number of amides is 1. The zero-order valence-electron chi connectivity index (χ0n) is 8.38. The Morgan fingerprint density at radius 2 is 2.31 bits per heavy atom. The average molecular weight is 183 g/mol. The van der Waals surface area contributed by atoms with Gasteiger partial charge in [-0.15, -0.1) is 0 Å². The Balaban J connectivity index is 2.23. The summed E-state index contributed by atoms with van der Waals surface area (Å²) < 4.78 is 5.35. The molecule has 0 aliphatic carbocycles. The molecule has 0 saturated carbocycles. The van der Waals surface area contributed by atoms with Gasteiger partial charge in [-0.2, -0.15) is 0 Å². The fourth-order valence-corrected chi connectivity index (χ4v) is 2.68. The zero-order valence-corrected chi connectivity index (χ0v) is 8.38. The molecule has 0 aromatic heterocycles. The zero-order chi connectivity index (χ0) is 9.47. The van der Waals surface area contributed by atoms with Gasteiger partial charge in [-0.3, -0.25) is 4.79 Å². The first kappa shape index (κ1) is 9.00. The summed E-state index contributed by atoms with van der Waals surface area (Å²) >= 11 is 0. The van der Waals surface area contributed by atoms with Crippen LogP contribution in [0.1, 0.15) is 39.0 Å². The quantitative estimate of drug-likeness (QED) is 0.617. The molecule has 2 aliphatic heterocycles. The van der Waals surface area contributed by atoms with Crippen LogP contribution in [0.3, 0.4) is 0 Å². The number of hydrogen-bond acceptors (Lipinski definition) is 2. The molecule has 3 nitrogen and oxygen atoms in total. The number of rotatable bonds is 1. The molecular weight excluding hydrogens is 166 g/mol. The number of carbonyl (C=O) groups is 1. The van der Waals surface area contributed by atoms with Gasteiger partial charge in [0.15, 0.2) is 0 Å². The van der Waals surface area contributed by atoms with Crippen LogP contribution in [0, 0.1) is 0 Å². The maximum absolute atomic E-state index is 11.6. The van der Waals surface area contributed by atoms with Gasteiger partial charge in [-0.05, 0) is 32.6 Å². The van der Waals surface area contributed by atoms with Crippen LogP contribution in [0.5, 0.6) is 0 Å². The highest BCUT2D eigenvalue weighted by molar-refractivity contribution is 5.80. The van der Waals surface area contributed by atoms with Crippen molar-refractivity contribution in [2.75, 3.05) is 7.11 Å². The van der Waals surface area contributed by atoms with E-state index in [9.17, 15) is 4.79 Å². The molecule has 0 N–H and O–H groups in total. The van der Waals surface area contributed by atoms with E-state index in [0.29, 0.717) is 6.42 Å². The molecule has 13 heavy (non-hydrogen) atoms.